The first-order valence-electron chi connectivity index (χ1n) is 9.54. The number of rotatable bonds is 5. The van der Waals surface area contributed by atoms with Gasteiger partial charge in [0, 0.05) is 30.5 Å². The zero-order chi connectivity index (χ0) is 22.1. The maximum absolute atomic E-state index is 13.7. The first-order valence-corrected chi connectivity index (χ1v) is 9.92. The van der Waals surface area contributed by atoms with E-state index in [0.29, 0.717) is 22.0 Å². The van der Waals surface area contributed by atoms with Crippen LogP contribution in [-0.2, 0) is 9.59 Å². The highest BCUT2D eigenvalue weighted by atomic mass is 35.5. The maximum Gasteiger partial charge on any atom is 0.282 e. The van der Waals surface area contributed by atoms with Gasteiger partial charge in [0.05, 0.1) is 11.3 Å². The van der Waals surface area contributed by atoms with Crippen LogP contribution in [0.25, 0.3) is 5.57 Å². The Hall–Kier alpha value is -3.64. The Morgan fingerprint density at radius 2 is 1.61 bits per heavy atom. The summed E-state index contributed by atoms with van der Waals surface area (Å²) in [5.74, 6) is -1.44. The van der Waals surface area contributed by atoms with Crippen molar-refractivity contribution in [2.75, 3.05) is 29.2 Å². The fourth-order valence-electron chi connectivity index (χ4n) is 3.39. The quantitative estimate of drug-likeness (QED) is 0.577. The molecule has 1 heterocycles. The molecule has 5 nitrogen and oxygen atoms in total. The van der Waals surface area contributed by atoms with Crippen LogP contribution >= 0.6 is 11.6 Å². The van der Waals surface area contributed by atoms with E-state index in [0.717, 1.165) is 10.6 Å². The number of imide groups is 1. The summed E-state index contributed by atoms with van der Waals surface area (Å²) in [6.45, 7) is 0. The Morgan fingerprint density at radius 1 is 0.903 bits per heavy atom. The van der Waals surface area contributed by atoms with E-state index in [4.69, 9.17) is 11.6 Å². The van der Waals surface area contributed by atoms with Gasteiger partial charge in [-0.25, -0.2) is 9.29 Å². The lowest BCUT2D eigenvalue weighted by molar-refractivity contribution is -0.120. The van der Waals surface area contributed by atoms with Crippen LogP contribution in [0.2, 0.25) is 5.02 Å². The molecule has 1 aliphatic heterocycles. The van der Waals surface area contributed by atoms with E-state index in [9.17, 15) is 14.0 Å². The summed E-state index contributed by atoms with van der Waals surface area (Å²) in [7, 11) is 3.75. The number of benzene rings is 3. The van der Waals surface area contributed by atoms with Crippen molar-refractivity contribution < 1.29 is 14.0 Å². The summed E-state index contributed by atoms with van der Waals surface area (Å²) in [5.41, 5.74) is 2.47. The van der Waals surface area contributed by atoms with Crippen LogP contribution in [0.4, 0.5) is 21.5 Å². The Labute approximate surface area is 184 Å². The summed E-state index contributed by atoms with van der Waals surface area (Å²) in [6.07, 6.45) is 0. The Bertz CT molecular complexity index is 1210. The average Bonchev–Trinajstić information content (AvgIpc) is 2.98. The number of carbonyl (C=O) groups is 2. The number of hydrogen-bond donors (Lipinski definition) is 1. The van der Waals surface area contributed by atoms with E-state index in [-0.39, 0.29) is 11.3 Å². The van der Waals surface area contributed by atoms with E-state index in [1.165, 1.54) is 18.2 Å². The summed E-state index contributed by atoms with van der Waals surface area (Å²) in [5, 5.41) is 3.46. The highest BCUT2D eigenvalue weighted by molar-refractivity contribution is 6.46. The minimum absolute atomic E-state index is 0.0770. The SMILES string of the molecule is CN(C)c1cccc(N2C(=O)C(Nc3cccc(F)c3)=C(c3ccc(Cl)cc3)C2=O)c1. The van der Waals surface area contributed by atoms with Crippen LogP contribution in [0.5, 0.6) is 0 Å². The predicted octanol–water partition coefficient (Wildman–Crippen LogP) is 4.94. The van der Waals surface area contributed by atoms with Crippen molar-refractivity contribution in [3.63, 3.8) is 0 Å². The van der Waals surface area contributed by atoms with Gasteiger partial charge in [0.1, 0.15) is 11.5 Å². The van der Waals surface area contributed by atoms with Crippen LogP contribution in [0, 0.1) is 5.82 Å². The van der Waals surface area contributed by atoms with Crippen molar-refractivity contribution in [3.8, 4) is 0 Å². The van der Waals surface area contributed by atoms with Crippen molar-refractivity contribution >= 4 is 46.1 Å². The molecule has 0 saturated carbocycles. The highest BCUT2D eigenvalue weighted by Gasteiger charge is 2.40. The number of nitrogens with zero attached hydrogens (tertiary/aromatic N) is 2. The summed E-state index contributed by atoms with van der Waals surface area (Å²) < 4.78 is 13.7. The lowest BCUT2D eigenvalue weighted by atomic mass is 10.0. The molecule has 0 radical (unpaired) electrons. The summed E-state index contributed by atoms with van der Waals surface area (Å²) in [6, 6.07) is 19.5. The van der Waals surface area contributed by atoms with Crippen LogP contribution < -0.4 is 15.1 Å². The molecule has 0 aliphatic carbocycles. The zero-order valence-corrected chi connectivity index (χ0v) is 17.7. The monoisotopic (exact) mass is 435 g/mol. The summed E-state index contributed by atoms with van der Waals surface area (Å²) in [4.78, 5) is 29.8. The van der Waals surface area contributed by atoms with Crippen LogP contribution in [0.3, 0.4) is 0 Å². The normalized spacial score (nSPS) is 13.7. The molecule has 0 spiro atoms. The van der Waals surface area contributed by atoms with E-state index in [2.05, 4.69) is 5.32 Å². The Kier molecular flexibility index (Phi) is 5.48. The molecule has 0 fully saturated rings. The smallest absolute Gasteiger partial charge is 0.282 e. The van der Waals surface area contributed by atoms with Gasteiger partial charge in [-0.3, -0.25) is 9.59 Å². The molecule has 0 unspecified atom stereocenters. The summed E-state index contributed by atoms with van der Waals surface area (Å²) >= 11 is 6.00. The van der Waals surface area contributed by atoms with Crippen molar-refractivity contribution in [3.05, 3.63) is 94.9 Å². The number of amides is 2. The molecule has 2 amide bonds. The molecule has 3 aromatic rings. The molecule has 4 rings (SSSR count). The van der Waals surface area contributed by atoms with Crippen LogP contribution in [0.15, 0.2) is 78.5 Å². The molecule has 0 aromatic heterocycles. The minimum Gasteiger partial charge on any atom is -0.378 e. The van der Waals surface area contributed by atoms with E-state index >= 15 is 0 Å². The molecule has 0 bridgehead atoms. The minimum atomic E-state index is -0.518. The lowest BCUT2D eigenvalue weighted by Crippen LogP contribution is -2.32. The van der Waals surface area contributed by atoms with Crippen LogP contribution in [-0.4, -0.2) is 25.9 Å². The lowest BCUT2D eigenvalue weighted by Gasteiger charge is -2.19. The van der Waals surface area contributed by atoms with E-state index in [1.54, 1.807) is 48.5 Å². The fourth-order valence-corrected chi connectivity index (χ4v) is 3.51. The third kappa shape index (κ3) is 4.02. The van der Waals surface area contributed by atoms with Gasteiger partial charge in [0.2, 0.25) is 0 Å². The van der Waals surface area contributed by atoms with Gasteiger partial charge in [-0.2, -0.15) is 0 Å². The molecule has 0 atom stereocenters. The maximum atomic E-state index is 13.7. The third-order valence-corrected chi connectivity index (χ3v) is 5.17. The average molecular weight is 436 g/mol. The van der Waals surface area contributed by atoms with Gasteiger partial charge in [0.15, 0.2) is 0 Å². The third-order valence-electron chi connectivity index (χ3n) is 4.92. The first-order chi connectivity index (χ1) is 14.8. The molecule has 0 saturated heterocycles. The highest BCUT2D eigenvalue weighted by Crippen LogP contribution is 2.35. The largest absolute Gasteiger partial charge is 0.378 e. The molecule has 1 N–H and O–H groups in total. The van der Waals surface area contributed by atoms with Gasteiger partial charge in [0.25, 0.3) is 11.8 Å². The van der Waals surface area contributed by atoms with Gasteiger partial charge >= 0.3 is 0 Å². The second-order valence-corrected chi connectivity index (χ2v) is 7.69. The molecular formula is C24H19ClFN3O2. The second-order valence-electron chi connectivity index (χ2n) is 7.25. The van der Waals surface area contributed by atoms with Crippen LogP contribution in [0.1, 0.15) is 5.56 Å². The molecule has 3 aromatic carbocycles. The Morgan fingerprint density at radius 3 is 2.29 bits per heavy atom. The standard InChI is InChI=1S/C24H19ClFN3O2/c1-28(2)19-7-4-8-20(14-19)29-23(30)21(15-9-11-16(25)12-10-15)22(24(29)31)27-18-6-3-5-17(26)13-18/h3-14,27H,1-2H3. The van der Waals surface area contributed by atoms with E-state index in [1.807, 2.05) is 25.1 Å². The van der Waals surface area contributed by atoms with Gasteiger partial charge in [-0.15, -0.1) is 0 Å². The van der Waals surface area contributed by atoms with E-state index < -0.39 is 17.6 Å². The predicted molar refractivity (Wildman–Crippen MR) is 122 cm³/mol. The van der Waals surface area contributed by atoms with Gasteiger partial charge < -0.3 is 10.2 Å². The molecule has 1 aliphatic rings. The van der Waals surface area contributed by atoms with Crippen molar-refractivity contribution in [1.29, 1.82) is 0 Å². The second kappa shape index (κ2) is 8.24. The van der Waals surface area contributed by atoms with Crippen molar-refractivity contribution in [2.45, 2.75) is 0 Å². The molecule has 156 valence electrons. The number of anilines is 3. The van der Waals surface area contributed by atoms with Crippen molar-refractivity contribution in [1.82, 2.24) is 0 Å². The topological polar surface area (TPSA) is 52.6 Å². The number of carbonyl (C=O) groups excluding carboxylic acids is 2. The van der Waals surface area contributed by atoms with Gasteiger partial charge in [-0.05, 0) is 54.1 Å². The molecular weight excluding hydrogens is 417 g/mol. The Balaban J connectivity index is 1.82. The van der Waals surface area contributed by atoms with Crippen molar-refractivity contribution in [2.24, 2.45) is 0 Å². The zero-order valence-electron chi connectivity index (χ0n) is 16.9. The number of nitrogens with one attached hydrogen (secondary N) is 1. The molecule has 31 heavy (non-hydrogen) atoms. The fraction of sp³-hybridized carbons (Fsp3) is 0.0833. The molecule has 7 heteroatoms. The van der Waals surface area contributed by atoms with Gasteiger partial charge in [-0.1, -0.05) is 35.9 Å². The number of halogens is 2. The first kappa shape index (κ1) is 20.6. The number of hydrogen-bond acceptors (Lipinski definition) is 4.